The minimum atomic E-state index is -0.350. The van der Waals surface area contributed by atoms with Gasteiger partial charge in [-0.05, 0) is 43.3 Å². The number of piperidine rings is 1. The molecule has 0 spiro atoms. The number of benzene rings is 1. The maximum absolute atomic E-state index is 13.6. The quantitative estimate of drug-likeness (QED) is 0.618. The first-order valence-corrected chi connectivity index (χ1v) is 11.7. The van der Waals surface area contributed by atoms with E-state index < -0.39 is 0 Å². The Kier molecular flexibility index (Phi) is 5.36. The number of anilines is 1. The number of carbonyl (C=O) groups excluding carboxylic acids is 2. The van der Waals surface area contributed by atoms with Crippen LogP contribution in [0.5, 0.6) is 0 Å². The number of carbonyl (C=O) groups is 2. The zero-order valence-electron chi connectivity index (χ0n) is 17.6. The Bertz CT molecular complexity index is 1040. The molecule has 6 nitrogen and oxygen atoms in total. The molecule has 31 heavy (non-hydrogen) atoms. The van der Waals surface area contributed by atoms with Crippen molar-refractivity contribution < 1.29 is 9.59 Å². The fraction of sp³-hybridized carbons (Fsp3) is 0.375. The number of imidazole rings is 1. The van der Waals surface area contributed by atoms with E-state index in [0.29, 0.717) is 19.1 Å². The van der Waals surface area contributed by atoms with Crippen LogP contribution in [0.1, 0.15) is 41.8 Å². The van der Waals surface area contributed by atoms with Crippen molar-refractivity contribution in [3.05, 3.63) is 70.9 Å². The Balaban J connectivity index is 1.38. The van der Waals surface area contributed by atoms with Gasteiger partial charge in [0.15, 0.2) is 0 Å². The van der Waals surface area contributed by atoms with Gasteiger partial charge in [-0.1, -0.05) is 23.8 Å². The topological polar surface area (TPSA) is 58.4 Å². The Labute approximate surface area is 186 Å². The average molecular weight is 435 g/mol. The minimum absolute atomic E-state index is 0.0221. The monoisotopic (exact) mass is 434 g/mol. The maximum atomic E-state index is 13.6. The first-order valence-electron chi connectivity index (χ1n) is 10.8. The minimum Gasteiger partial charge on any atom is -0.342 e. The van der Waals surface area contributed by atoms with Crippen molar-refractivity contribution in [1.29, 1.82) is 0 Å². The molecule has 0 radical (unpaired) electrons. The second kappa shape index (κ2) is 8.30. The molecule has 4 heterocycles. The molecule has 2 aliphatic rings. The molecular weight excluding hydrogens is 408 g/mol. The van der Waals surface area contributed by atoms with Gasteiger partial charge in [-0.25, -0.2) is 4.98 Å². The largest absolute Gasteiger partial charge is 0.342 e. The predicted molar refractivity (Wildman–Crippen MR) is 121 cm³/mol. The molecule has 2 aliphatic heterocycles. The first kappa shape index (κ1) is 20.0. The van der Waals surface area contributed by atoms with E-state index in [1.54, 1.807) is 17.5 Å². The van der Waals surface area contributed by atoms with Gasteiger partial charge in [0.05, 0.1) is 18.3 Å². The lowest BCUT2D eigenvalue weighted by Gasteiger charge is -2.35. The highest BCUT2D eigenvalue weighted by Crippen LogP contribution is 2.44. The Morgan fingerprint density at radius 3 is 2.55 bits per heavy atom. The lowest BCUT2D eigenvalue weighted by Crippen LogP contribution is -2.43. The van der Waals surface area contributed by atoms with Gasteiger partial charge in [0, 0.05) is 48.5 Å². The van der Waals surface area contributed by atoms with E-state index in [-0.39, 0.29) is 30.2 Å². The number of aryl methyl sites for hydroxylation is 1. The van der Waals surface area contributed by atoms with Gasteiger partial charge in [0.25, 0.3) is 0 Å². The third-order valence-electron chi connectivity index (χ3n) is 6.51. The van der Waals surface area contributed by atoms with Crippen molar-refractivity contribution >= 4 is 28.8 Å². The molecule has 2 amide bonds. The maximum Gasteiger partial charge on any atom is 0.228 e. The summed E-state index contributed by atoms with van der Waals surface area (Å²) in [6.07, 6.45) is 7.72. The van der Waals surface area contributed by atoms with Crippen molar-refractivity contribution in [1.82, 2.24) is 14.5 Å². The highest BCUT2D eigenvalue weighted by atomic mass is 32.1. The van der Waals surface area contributed by atoms with Crippen molar-refractivity contribution in [2.75, 3.05) is 18.0 Å². The fourth-order valence-corrected chi connectivity index (χ4v) is 5.74. The molecule has 2 atom stereocenters. The molecule has 2 unspecified atom stereocenters. The fourth-order valence-electron chi connectivity index (χ4n) is 4.85. The molecule has 2 fully saturated rings. The Morgan fingerprint density at radius 2 is 1.90 bits per heavy atom. The Morgan fingerprint density at radius 1 is 1.13 bits per heavy atom. The van der Waals surface area contributed by atoms with E-state index in [1.807, 2.05) is 71.0 Å². The molecule has 160 valence electrons. The summed E-state index contributed by atoms with van der Waals surface area (Å²) in [6, 6.07) is 12.2. The molecule has 2 aromatic heterocycles. The van der Waals surface area contributed by atoms with Crippen molar-refractivity contribution in [2.45, 2.75) is 38.3 Å². The lowest BCUT2D eigenvalue weighted by atomic mass is 9.95. The van der Waals surface area contributed by atoms with Gasteiger partial charge in [-0.2, -0.15) is 0 Å². The van der Waals surface area contributed by atoms with E-state index >= 15 is 0 Å². The van der Waals surface area contributed by atoms with Crippen LogP contribution in [0.15, 0.2) is 60.5 Å². The average Bonchev–Trinajstić information content (AvgIpc) is 3.55. The number of nitrogens with zero attached hydrogens (tertiary/aromatic N) is 4. The number of rotatable bonds is 4. The van der Waals surface area contributed by atoms with Crippen LogP contribution in [0.25, 0.3) is 0 Å². The second-order valence-corrected chi connectivity index (χ2v) is 9.42. The summed E-state index contributed by atoms with van der Waals surface area (Å²) < 4.78 is 2.13. The predicted octanol–water partition coefficient (Wildman–Crippen LogP) is 4.21. The van der Waals surface area contributed by atoms with Crippen LogP contribution in [0.2, 0.25) is 0 Å². The molecule has 2 saturated heterocycles. The molecular formula is C24H26N4O2S. The van der Waals surface area contributed by atoms with Gasteiger partial charge in [0.2, 0.25) is 11.8 Å². The summed E-state index contributed by atoms with van der Waals surface area (Å²) in [4.78, 5) is 35.7. The van der Waals surface area contributed by atoms with Gasteiger partial charge >= 0.3 is 0 Å². The number of likely N-dealkylation sites (tertiary alicyclic amines) is 1. The van der Waals surface area contributed by atoms with E-state index in [1.165, 1.54) is 0 Å². The molecule has 1 aromatic carbocycles. The van der Waals surface area contributed by atoms with Crippen LogP contribution in [-0.4, -0.2) is 39.4 Å². The molecule has 5 rings (SSSR count). The zero-order valence-corrected chi connectivity index (χ0v) is 18.4. The second-order valence-electron chi connectivity index (χ2n) is 8.44. The van der Waals surface area contributed by atoms with Crippen molar-refractivity contribution in [3.8, 4) is 0 Å². The van der Waals surface area contributed by atoms with Crippen molar-refractivity contribution in [2.24, 2.45) is 5.92 Å². The Hall–Kier alpha value is -2.93. The summed E-state index contributed by atoms with van der Waals surface area (Å²) >= 11 is 1.62. The first-order chi connectivity index (χ1) is 15.1. The molecule has 0 N–H and O–H groups in total. The van der Waals surface area contributed by atoms with Crippen LogP contribution in [-0.2, 0) is 9.59 Å². The van der Waals surface area contributed by atoms with E-state index in [0.717, 1.165) is 29.0 Å². The number of hydrogen-bond donors (Lipinski definition) is 0. The van der Waals surface area contributed by atoms with Gasteiger partial charge < -0.3 is 14.4 Å². The van der Waals surface area contributed by atoms with Gasteiger partial charge in [-0.3, -0.25) is 9.59 Å². The number of hydrogen-bond acceptors (Lipinski definition) is 4. The standard InChI is InChI=1S/C24H26N4O2S/c1-17-4-6-19(7-5-17)28-22(29)15-20(23(28)21-3-2-14-31-21)24(30)26-11-8-18(9-12-26)27-13-10-25-16-27/h2-7,10,13-14,16,18,20,23H,8-9,11-12,15H2,1H3. The lowest BCUT2D eigenvalue weighted by molar-refractivity contribution is -0.137. The third-order valence-corrected chi connectivity index (χ3v) is 7.45. The molecule has 0 aliphatic carbocycles. The van der Waals surface area contributed by atoms with Crippen LogP contribution < -0.4 is 4.90 Å². The van der Waals surface area contributed by atoms with Gasteiger partial charge in [0.1, 0.15) is 0 Å². The molecule has 0 bridgehead atoms. The van der Waals surface area contributed by atoms with E-state index in [9.17, 15) is 9.59 Å². The number of aromatic nitrogens is 2. The third kappa shape index (κ3) is 3.78. The molecule has 7 heteroatoms. The molecule has 0 saturated carbocycles. The van der Waals surface area contributed by atoms with Crippen LogP contribution >= 0.6 is 11.3 Å². The number of thiophene rings is 1. The summed E-state index contributed by atoms with van der Waals surface area (Å²) in [7, 11) is 0. The van der Waals surface area contributed by atoms with Crippen LogP contribution in [0.3, 0.4) is 0 Å². The van der Waals surface area contributed by atoms with Crippen molar-refractivity contribution in [3.63, 3.8) is 0 Å². The zero-order chi connectivity index (χ0) is 21.4. The summed E-state index contributed by atoms with van der Waals surface area (Å²) in [5.41, 5.74) is 2.01. The normalized spacial score (nSPS) is 22.3. The smallest absolute Gasteiger partial charge is 0.228 e. The molecule has 3 aromatic rings. The SMILES string of the molecule is Cc1ccc(N2C(=O)CC(C(=O)N3CCC(n4ccnc4)CC3)C2c2cccs2)cc1. The van der Waals surface area contributed by atoms with E-state index in [2.05, 4.69) is 9.55 Å². The van der Waals surface area contributed by atoms with Gasteiger partial charge in [-0.15, -0.1) is 11.3 Å². The highest BCUT2D eigenvalue weighted by Gasteiger charge is 2.47. The van der Waals surface area contributed by atoms with Crippen LogP contribution in [0.4, 0.5) is 5.69 Å². The highest BCUT2D eigenvalue weighted by molar-refractivity contribution is 7.10. The number of amides is 2. The summed E-state index contributed by atoms with van der Waals surface area (Å²) in [5.74, 6) is -0.225. The summed E-state index contributed by atoms with van der Waals surface area (Å²) in [6.45, 7) is 3.47. The van der Waals surface area contributed by atoms with Crippen LogP contribution in [0, 0.1) is 12.8 Å². The van der Waals surface area contributed by atoms with E-state index in [4.69, 9.17) is 0 Å². The summed E-state index contributed by atoms with van der Waals surface area (Å²) in [5, 5.41) is 2.02.